The van der Waals surface area contributed by atoms with Gasteiger partial charge in [-0.2, -0.15) is 0 Å². The van der Waals surface area contributed by atoms with E-state index >= 15 is 0 Å². The maximum atomic E-state index is 14.4. The molecule has 1 aliphatic heterocycles. The van der Waals surface area contributed by atoms with Crippen LogP contribution in [0.3, 0.4) is 0 Å². The number of carboxylic acid groups (broad SMARTS) is 1. The molecular formula is C35H54O11. The van der Waals surface area contributed by atoms with Crippen LogP contribution in [0.5, 0.6) is 0 Å². The molecule has 46 heavy (non-hydrogen) atoms. The predicted octanol–water partition coefficient (Wildman–Crippen LogP) is 1.79. The Kier molecular flexibility index (Phi) is 8.26. The lowest BCUT2D eigenvalue weighted by Crippen LogP contribution is -2.71. The van der Waals surface area contributed by atoms with Gasteiger partial charge in [-0.05, 0) is 98.7 Å². The summed E-state index contributed by atoms with van der Waals surface area (Å²) in [6.45, 7) is 11.5. The van der Waals surface area contributed by atoms with Gasteiger partial charge in [-0.15, -0.1) is 0 Å². The summed E-state index contributed by atoms with van der Waals surface area (Å²) in [5.74, 6) is -2.01. The van der Waals surface area contributed by atoms with E-state index in [1.807, 2.05) is 13.8 Å². The molecule has 1 saturated heterocycles. The Morgan fingerprint density at radius 1 is 0.935 bits per heavy atom. The van der Waals surface area contributed by atoms with Crippen LogP contribution in [0.2, 0.25) is 0 Å². The van der Waals surface area contributed by atoms with Gasteiger partial charge in [-0.25, -0.2) is 0 Å². The molecule has 7 N–H and O–H groups in total. The van der Waals surface area contributed by atoms with E-state index in [0.29, 0.717) is 19.3 Å². The average Bonchev–Trinajstić information content (AvgIpc) is 2.97. The lowest BCUT2D eigenvalue weighted by Gasteiger charge is -2.70. The molecule has 0 aromatic rings. The van der Waals surface area contributed by atoms with Crippen molar-refractivity contribution in [3.05, 3.63) is 11.6 Å². The molecule has 6 aliphatic rings. The van der Waals surface area contributed by atoms with E-state index in [-0.39, 0.29) is 35.4 Å². The first-order valence-corrected chi connectivity index (χ1v) is 17.1. The van der Waals surface area contributed by atoms with E-state index in [9.17, 15) is 45.3 Å². The third-order valence-corrected chi connectivity index (χ3v) is 14.5. The summed E-state index contributed by atoms with van der Waals surface area (Å²) in [6.07, 6.45) is -4.99. The number of fused-ring (bicyclic) bond motifs is 7. The summed E-state index contributed by atoms with van der Waals surface area (Å²) >= 11 is 0. The molecule has 1 heterocycles. The maximum Gasteiger partial charge on any atom is 0.312 e. The van der Waals surface area contributed by atoms with E-state index in [2.05, 4.69) is 26.8 Å². The lowest BCUT2D eigenvalue weighted by molar-refractivity contribution is -0.340. The zero-order valence-corrected chi connectivity index (χ0v) is 27.9. The van der Waals surface area contributed by atoms with Gasteiger partial charge in [0.25, 0.3) is 0 Å². The van der Waals surface area contributed by atoms with Crippen LogP contribution in [0.1, 0.15) is 86.5 Å². The fourth-order valence-electron chi connectivity index (χ4n) is 11.8. The SMILES string of the molecule is CC1(C)CC[C@@H]2[C@@H](O)C(=O)[C@]3(C)C(=CC[C@@H]4[C@@]5(C)C[C@H](O)[C@H](O[C@@H]6O[C@H](CO)[C@@H](O)[C@H](O)[C@H]6O)[C@@](C)(C(=O)O)[C@@H]5CC[C@]43C)[C@@H]2C1. The quantitative estimate of drug-likeness (QED) is 0.173. The predicted molar refractivity (Wildman–Crippen MR) is 164 cm³/mol. The van der Waals surface area contributed by atoms with E-state index in [1.165, 1.54) is 0 Å². The van der Waals surface area contributed by atoms with Gasteiger partial charge in [0.1, 0.15) is 36.6 Å². The molecule has 0 aromatic carbocycles. The number of aliphatic hydroxyl groups excluding tert-OH is 6. The van der Waals surface area contributed by atoms with Crippen LogP contribution in [0.4, 0.5) is 0 Å². The van der Waals surface area contributed by atoms with E-state index in [0.717, 1.165) is 24.8 Å². The maximum absolute atomic E-state index is 14.4. The first-order valence-electron chi connectivity index (χ1n) is 17.1. The molecule has 0 unspecified atom stereocenters. The zero-order valence-electron chi connectivity index (χ0n) is 27.9. The van der Waals surface area contributed by atoms with E-state index < -0.39 is 89.2 Å². The largest absolute Gasteiger partial charge is 0.481 e. The fraction of sp³-hybridized carbons (Fsp3) is 0.886. The second-order valence-electron chi connectivity index (χ2n) is 17.2. The van der Waals surface area contributed by atoms with Gasteiger partial charge in [-0.3, -0.25) is 9.59 Å². The Hall–Kier alpha value is -1.44. The topological polar surface area (TPSA) is 194 Å². The Bertz CT molecular complexity index is 1280. The van der Waals surface area contributed by atoms with Crippen LogP contribution in [-0.2, 0) is 19.1 Å². The number of aliphatic hydroxyl groups is 6. The number of ketones is 1. The van der Waals surface area contributed by atoms with Crippen LogP contribution in [0.25, 0.3) is 0 Å². The first kappa shape index (κ1) is 34.4. The number of hydrogen-bond donors (Lipinski definition) is 7. The third-order valence-electron chi connectivity index (χ3n) is 14.5. The highest BCUT2D eigenvalue weighted by Crippen LogP contribution is 2.74. The minimum atomic E-state index is -1.75. The van der Waals surface area contributed by atoms with Crippen molar-refractivity contribution in [2.75, 3.05) is 6.61 Å². The number of aliphatic carboxylic acids is 1. The lowest BCUT2D eigenvalue weighted by atomic mass is 9.34. The molecule has 5 fully saturated rings. The van der Waals surface area contributed by atoms with Gasteiger partial charge in [-0.1, -0.05) is 39.3 Å². The van der Waals surface area contributed by atoms with Crippen molar-refractivity contribution >= 4 is 11.8 Å². The van der Waals surface area contributed by atoms with Crippen molar-refractivity contribution in [2.24, 2.45) is 50.7 Å². The molecule has 0 radical (unpaired) electrons. The Morgan fingerprint density at radius 3 is 2.24 bits per heavy atom. The molecule has 11 nitrogen and oxygen atoms in total. The van der Waals surface area contributed by atoms with Crippen LogP contribution < -0.4 is 0 Å². The van der Waals surface area contributed by atoms with Crippen LogP contribution in [0, 0.1) is 50.7 Å². The van der Waals surface area contributed by atoms with Crippen LogP contribution in [0.15, 0.2) is 11.6 Å². The van der Waals surface area contributed by atoms with Crippen molar-refractivity contribution in [3.63, 3.8) is 0 Å². The molecule has 0 spiro atoms. The molecule has 260 valence electrons. The molecular weight excluding hydrogens is 596 g/mol. The third kappa shape index (κ3) is 4.45. The second-order valence-corrected chi connectivity index (χ2v) is 17.2. The van der Waals surface area contributed by atoms with Crippen molar-refractivity contribution < 1.29 is 54.8 Å². The summed E-state index contributed by atoms with van der Waals surface area (Å²) in [4.78, 5) is 27.7. The molecule has 0 bridgehead atoms. The Labute approximate surface area is 271 Å². The molecule has 5 aliphatic carbocycles. The first-order chi connectivity index (χ1) is 21.3. The Balaban J connectivity index is 1.38. The number of carbonyl (C=O) groups excluding carboxylic acids is 1. The molecule has 0 amide bonds. The molecule has 0 aromatic heterocycles. The average molecular weight is 651 g/mol. The van der Waals surface area contributed by atoms with Crippen molar-refractivity contribution in [1.29, 1.82) is 0 Å². The van der Waals surface area contributed by atoms with Gasteiger partial charge in [0, 0.05) is 0 Å². The standard InChI is InChI=1S/C35H54O11/c1-31(2)11-9-16-17(13-31)18-7-8-21-32(3)14-19(37)28(46-29-26(41)25(40)24(39)20(15-36)45-29)34(5,30(43)44)22(32)10-12-33(21,4)35(18,6)27(42)23(16)38/h7,16-17,19-26,28-29,36-41H,8-15H2,1-6H3,(H,43,44)/t16-,17+,19-,20+,21+,22+,23+,24+,25-,26+,28-,29-,32+,33+,34-,35-/m0/s1. The number of carboxylic acids is 1. The highest BCUT2D eigenvalue weighted by Gasteiger charge is 2.73. The van der Waals surface area contributed by atoms with Crippen molar-refractivity contribution in [2.45, 2.75) is 136 Å². The minimum Gasteiger partial charge on any atom is -0.481 e. The Morgan fingerprint density at radius 2 is 1.61 bits per heavy atom. The molecule has 6 rings (SSSR count). The number of carbonyl (C=O) groups is 2. The van der Waals surface area contributed by atoms with Gasteiger partial charge in [0.2, 0.25) is 0 Å². The molecule has 16 atom stereocenters. The summed E-state index contributed by atoms with van der Waals surface area (Å²) < 4.78 is 11.6. The van der Waals surface area contributed by atoms with Gasteiger partial charge < -0.3 is 45.2 Å². The number of rotatable bonds is 4. The summed E-state index contributed by atoms with van der Waals surface area (Å²) in [5.41, 5.74) is -2.72. The van der Waals surface area contributed by atoms with Crippen LogP contribution >= 0.6 is 0 Å². The summed E-state index contributed by atoms with van der Waals surface area (Å²) in [7, 11) is 0. The van der Waals surface area contributed by atoms with Crippen molar-refractivity contribution in [1.82, 2.24) is 0 Å². The normalized spacial score (nSPS) is 54.9. The molecule has 4 saturated carbocycles. The highest BCUT2D eigenvalue weighted by molar-refractivity contribution is 5.94. The number of allylic oxidation sites excluding steroid dienone is 2. The fourth-order valence-corrected chi connectivity index (χ4v) is 11.8. The summed E-state index contributed by atoms with van der Waals surface area (Å²) in [6, 6.07) is 0. The smallest absolute Gasteiger partial charge is 0.312 e. The second kappa shape index (κ2) is 11.0. The highest BCUT2D eigenvalue weighted by atomic mass is 16.7. The molecule has 11 heteroatoms. The summed E-state index contributed by atoms with van der Waals surface area (Å²) in [5, 5.41) is 75.1. The van der Waals surface area contributed by atoms with Gasteiger partial charge >= 0.3 is 5.97 Å². The van der Waals surface area contributed by atoms with Crippen molar-refractivity contribution in [3.8, 4) is 0 Å². The minimum absolute atomic E-state index is 0.0944. The number of hydrogen-bond acceptors (Lipinski definition) is 10. The van der Waals surface area contributed by atoms with Gasteiger partial charge in [0.05, 0.1) is 23.5 Å². The van der Waals surface area contributed by atoms with E-state index in [1.54, 1.807) is 6.92 Å². The monoisotopic (exact) mass is 650 g/mol. The number of ether oxygens (including phenoxy) is 2. The van der Waals surface area contributed by atoms with E-state index in [4.69, 9.17) is 9.47 Å². The van der Waals surface area contributed by atoms with Gasteiger partial charge in [0.15, 0.2) is 12.1 Å². The number of Topliss-reactive ketones (excluding diaryl/α,β-unsaturated/α-hetero) is 1. The zero-order chi connectivity index (χ0) is 33.9. The van der Waals surface area contributed by atoms with Crippen LogP contribution in [-0.4, -0.2) is 103 Å².